The third kappa shape index (κ3) is 1.93. The molecule has 2 heterocycles. The van der Waals surface area contributed by atoms with Crippen molar-refractivity contribution in [3.63, 3.8) is 0 Å². The molecule has 80 valence electrons. The monoisotopic (exact) mass is 204 g/mol. The molecule has 1 N–H and O–H groups in total. The fourth-order valence-electron chi connectivity index (χ4n) is 1.63. The zero-order valence-corrected chi connectivity index (χ0v) is 9.20. The van der Waals surface area contributed by atoms with E-state index in [0.717, 1.165) is 23.6 Å². The summed E-state index contributed by atoms with van der Waals surface area (Å²) in [5, 5.41) is 7.34. The van der Waals surface area contributed by atoms with Gasteiger partial charge in [-0.1, -0.05) is 13.3 Å². The summed E-state index contributed by atoms with van der Waals surface area (Å²) in [5.74, 6) is 0.996. The van der Waals surface area contributed by atoms with E-state index in [1.54, 1.807) is 6.20 Å². The van der Waals surface area contributed by atoms with Gasteiger partial charge in [-0.15, -0.1) is 0 Å². The van der Waals surface area contributed by atoms with E-state index in [4.69, 9.17) is 0 Å². The van der Waals surface area contributed by atoms with E-state index in [1.165, 1.54) is 12.8 Å². The first kappa shape index (κ1) is 9.96. The van der Waals surface area contributed by atoms with Gasteiger partial charge in [-0.2, -0.15) is 9.61 Å². The van der Waals surface area contributed by atoms with Crippen LogP contribution >= 0.6 is 0 Å². The van der Waals surface area contributed by atoms with Crippen molar-refractivity contribution in [2.24, 2.45) is 0 Å². The minimum Gasteiger partial charge on any atom is -0.373 e. The van der Waals surface area contributed by atoms with Crippen molar-refractivity contribution < 1.29 is 0 Å². The SMILES string of the molecule is CCCCc1cc(NC)n2nccc2n1. The molecule has 2 aromatic rings. The number of anilines is 1. The van der Waals surface area contributed by atoms with Gasteiger partial charge < -0.3 is 5.32 Å². The van der Waals surface area contributed by atoms with Crippen LogP contribution < -0.4 is 5.32 Å². The van der Waals surface area contributed by atoms with Crippen molar-refractivity contribution in [1.29, 1.82) is 0 Å². The molecule has 0 amide bonds. The van der Waals surface area contributed by atoms with Gasteiger partial charge in [0.1, 0.15) is 5.82 Å². The predicted molar refractivity (Wildman–Crippen MR) is 61.1 cm³/mol. The Morgan fingerprint density at radius 2 is 2.33 bits per heavy atom. The van der Waals surface area contributed by atoms with Crippen molar-refractivity contribution in [3.8, 4) is 0 Å². The van der Waals surface area contributed by atoms with Crippen LogP contribution in [0.2, 0.25) is 0 Å². The smallest absolute Gasteiger partial charge is 0.157 e. The molecule has 4 nitrogen and oxygen atoms in total. The quantitative estimate of drug-likeness (QED) is 0.829. The maximum atomic E-state index is 4.54. The third-order valence-corrected chi connectivity index (χ3v) is 2.46. The summed E-state index contributed by atoms with van der Waals surface area (Å²) in [7, 11) is 1.90. The van der Waals surface area contributed by atoms with Crippen molar-refractivity contribution in [1.82, 2.24) is 14.6 Å². The van der Waals surface area contributed by atoms with Crippen LogP contribution in [-0.4, -0.2) is 21.6 Å². The van der Waals surface area contributed by atoms with Crippen LogP contribution in [0.5, 0.6) is 0 Å². The van der Waals surface area contributed by atoms with Crippen molar-refractivity contribution in [2.75, 3.05) is 12.4 Å². The van der Waals surface area contributed by atoms with Crippen LogP contribution in [0.4, 0.5) is 5.82 Å². The molecular weight excluding hydrogens is 188 g/mol. The minimum absolute atomic E-state index is 0.910. The summed E-state index contributed by atoms with van der Waals surface area (Å²) in [6.07, 6.45) is 5.18. The average molecular weight is 204 g/mol. The van der Waals surface area contributed by atoms with Gasteiger partial charge in [0, 0.05) is 24.9 Å². The summed E-state index contributed by atoms with van der Waals surface area (Å²) >= 11 is 0. The zero-order chi connectivity index (χ0) is 10.7. The molecule has 0 aromatic carbocycles. The highest BCUT2D eigenvalue weighted by Gasteiger charge is 2.04. The largest absolute Gasteiger partial charge is 0.373 e. The van der Waals surface area contributed by atoms with E-state index in [1.807, 2.05) is 17.6 Å². The maximum Gasteiger partial charge on any atom is 0.157 e. The number of nitrogens with one attached hydrogen (secondary N) is 1. The second-order valence-electron chi connectivity index (χ2n) is 3.59. The van der Waals surface area contributed by atoms with Gasteiger partial charge in [0.05, 0.1) is 6.20 Å². The standard InChI is InChI=1S/C11H16N4/c1-3-4-5-9-8-11(12-2)15-10(14-9)6-7-13-15/h6-8,12H,3-5H2,1-2H3. The van der Waals surface area contributed by atoms with Gasteiger partial charge in [-0.05, 0) is 12.8 Å². The topological polar surface area (TPSA) is 42.2 Å². The number of aromatic nitrogens is 3. The average Bonchev–Trinajstić information content (AvgIpc) is 2.73. The van der Waals surface area contributed by atoms with E-state index < -0.39 is 0 Å². The highest BCUT2D eigenvalue weighted by molar-refractivity contribution is 5.48. The summed E-state index contributed by atoms with van der Waals surface area (Å²) in [6.45, 7) is 2.19. The van der Waals surface area contributed by atoms with Gasteiger partial charge in [-0.3, -0.25) is 0 Å². The number of hydrogen-bond acceptors (Lipinski definition) is 3. The Kier molecular flexibility index (Phi) is 2.85. The van der Waals surface area contributed by atoms with Crippen LogP contribution in [0.3, 0.4) is 0 Å². The van der Waals surface area contributed by atoms with E-state index in [2.05, 4.69) is 28.4 Å². The molecule has 2 rings (SSSR count). The number of hydrogen-bond donors (Lipinski definition) is 1. The summed E-state index contributed by atoms with van der Waals surface area (Å²) in [4.78, 5) is 4.54. The molecule has 0 aliphatic heterocycles. The van der Waals surface area contributed by atoms with E-state index in [0.29, 0.717) is 0 Å². The molecular formula is C11H16N4. The molecule has 0 radical (unpaired) electrons. The van der Waals surface area contributed by atoms with Crippen LogP contribution in [0.15, 0.2) is 18.3 Å². The molecule has 0 atom stereocenters. The fraction of sp³-hybridized carbons (Fsp3) is 0.455. The van der Waals surface area contributed by atoms with Crippen LogP contribution in [-0.2, 0) is 6.42 Å². The van der Waals surface area contributed by atoms with Gasteiger partial charge in [-0.25, -0.2) is 4.98 Å². The molecule has 0 spiro atoms. The Morgan fingerprint density at radius 3 is 3.07 bits per heavy atom. The molecule has 4 heteroatoms. The molecule has 0 unspecified atom stereocenters. The van der Waals surface area contributed by atoms with Gasteiger partial charge in [0.2, 0.25) is 0 Å². The van der Waals surface area contributed by atoms with Gasteiger partial charge in [0.25, 0.3) is 0 Å². The highest BCUT2D eigenvalue weighted by atomic mass is 15.3. The Balaban J connectivity index is 2.40. The van der Waals surface area contributed by atoms with Crippen molar-refractivity contribution in [3.05, 3.63) is 24.0 Å². The molecule has 0 bridgehead atoms. The molecule has 0 saturated heterocycles. The molecule has 0 aliphatic carbocycles. The Morgan fingerprint density at radius 1 is 1.47 bits per heavy atom. The number of aryl methyl sites for hydroxylation is 1. The van der Waals surface area contributed by atoms with Crippen LogP contribution in [0.25, 0.3) is 5.65 Å². The number of unbranched alkanes of at least 4 members (excludes halogenated alkanes) is 1. The molecule has 0 aliphatic rings. The first-order valence-electron chi connectivity index (χ1n) is 5.36. The summed E-state index contributed by atoms with van der Waals surface area (Å²) in [5.41, 5.74) is 2.04. The summed E-state index contributed by atoms with van der Waals surface area (Å²) < 4.78 is 1.81. The number of nitrogens with zero attached hydrogens (tertiary/aromatic N) is 3. The van der Waals surface area contributed by atoms with Gasteiger partial charge >= 0.3 is 0 Å². The zero-order valence-electron chi connectivity index (χ0n) is 9.20. The second kappa shape index (κ2) is 4.29. The summed E-state index contributed by atoms with van der Waals surface area (Å²) in [6, 6.07) is 3.99. The van der Waals surface area contributed by atoms with E-state index in [9.17, 15) is 0 Å². The van der Waals surface area contributed by atoms with E-state index >= 15 is 0 Å². The second-order valence-corrected chi connectivity index (χ2v) is 3.59. The first-order chi connectivity index (χ1) is 7.35. The maximum absolute atomic E-state index is 4.54. The fourth-order valence-corrected chi connectivity index (χ4v) is 1.63. The lowest BCUT2D eigenvalue weighted by atomic mass is 10.2. The lowest BCUT2D eigenvalue weighted by Gasteiger charge is -2.06. The van der Waals surface area contributed by atoms with E-state index in [-0.39, 0.29) is 0 Å². The lowest BCUT2D eigenvalue weighted by molar-refractivity contribution is 0.773. The molecule has 2 aromatic heterocycles. The third-order valence-electron chi connectivity index (χ3n) is 2.46. The highest BCUT2D eigenvalue weighted by Crippen LogP contribution is 2.13. The molecule has 0 saturated carbocycles. The first-order valence-corrected chi connectivity index (χ1v) is 5.36. The van der Waals surface area contributed by atoms with Crippen molar-refractivity contribution >= 4 is 11.5 Å². The molecule has 0 fully saturated rings. The normalized spacial score (nSPS) is 10.8. The van der Waals surface area contributed by atoms with Crippen LogP contribution in [0, 0.1) is 0 Å². The Labute approximate surface area is 89.3 Å². The number of rotatable bonds is 4. The minimum atomic E-state index is 0.910. The lowest BCUT2D eigenvalue weighted by Crippen LogP contribution is -2.03. The van der Waals surface area contributed by atoms with Crippen LogP contribution in [0.1, 0.15) is 25.5 Å². The Bertz CT molecular complexity index is 447. The molecule has 15 heavy (non-hydrogen) atoms. The van der Waals surface area contributed by atoms with Crippen molar-refractivity contribution in [2.45, 2.75) is 26.2 Å². The Hall–Kier alpha value is -1.58. The predicted octanol–water partition coefficient (Wildman–Crippen LogP) is 2.11. The number of fused-ring (bicyclic) bond motifs is 1. The van der Waals surface area contributed by atoms with Gasteiger partial charge in [0.15, 0.2) is 5.65 Å².